The zero-order chi connectivity index (χ0) is 10.7. The zero-order valence-corrected chi connectivity index (χ0v) is 8.94. The highest BCUT2D eigenvalue weighted by Crippen LogP contribution is 2.29. The molecule has 4 heteroatoms. The zero-order valence-electron chi connectivity index (χ0n) is 8.94. The fourth-order valence-corrected chi connectivity index (χ4v) is 2.00. The van der Waals surface area contributed by atoms with Crippen LogP contribution in [0, 0.1) is 17.8 Å². The molecule has 0 aromatic carbocycles. The summed E-state index contributed by atoms with van der Waals surface area (Å²) in [6.45, 7) is 6.15. The van der Waals surface area contributed by atoms with Crippen molar-refractivity contribution < 1.29 is 10.4 Å². The normalized spacial score (nSPS) is 34.3. The van der Waals surface area contributed by atoms with E-state index in [0.29, 0.717) is 18.8 Å². The first-order chi connectivity index (χ1) is 6.60. The Labute approximate surface area is 84.3 Å². The van der Waals surface area contributed by atoms with Crippen LogP contribution < -0.4 is 0 Å². The minimum absolute atomic E-state index is 0.181. The van der Waals surface area contributed by atoms with E-state index in [1.807, 2.05) is 6.92 Å². The first kappa shape index (κ1) is 11.0. The highest BCUT2D eigenvalue weighted by molar-refractivity contribution is 6.00. The van der Waals surface area contributed by atoms with E-state index < -0.39 is 0 Å². The van der Waals surface area contributed by atoms with E-state index in [1.54, 1.807) is 0 Å². The standard InChI is InChI=1S/C10H18N2O2/c1-6(2)8-5-9(11-13)7(3)4-10(8)12-14/h6-8,13-14H,4-5H2,1-3H3/b11-9-,12-10+. The molecule has 1 aliphatic rings. The predicted molar refractivity (Wildman–Crippen MR) is 55.2 cm³/mol. The van der Waals surface area contributed by atoms with E-state index in [0.717, 1.165) is 11.4 Å². The maximum Gasteiger partial charge on any atom is 0.0614 e. The van der Waals surface area contributed by atoms with Gasteiger partial charge in [0.1, 0.15) is 0 Å². The van der Waals surface area contributed by atoms with Gasteiger partial charge in [0.25, 0.3) is 0 Å². The van der Waals surface area contributed by atoms with Crippen LogP contribution in [0.3, 0.4) is 0 Å². The van der Waals surface area contributed by atoms with Crippen LogP contribution in [0.25, 0.3) is 0 Å². The summed E-state index contributed by atoms with van der Waals surface area (Å²) in [4.78, 5) is 0. The fraction of sp³-hybridized carbons (Fsp3) is 0.800. The molecule has 1 rings (SSSR count). The fourth-order valence-electron chi connectivity index (χ4n) is 2.00. The molecule has 0 bridgehead atoms. The molecule has 0 heterocycles. The van der Waals surface area contributed by atoms with E-state index >= 15 is 0 Å². The van der Waals surface area contributed by atoms with Gasteiger partial charge in [-0.25, -0.2) is 0 Å². The molecule has 0 aromatic heterocycles. The average molecular weight is 198 g/mol. The van der Waals surface area contributed by atoms with E-state index in [4.69, 9.17) is 10.4 Å². The summed E-state index contributed by atoms with van der Waals surface area (Å²) >= 11 is 0. The van der Waals surface area contributed by atoms with Crippen LogP contribution in [-0.2, 0) is 0 Å². The highest BCUT2D eigenvalue weighted by atomic mass is 16.4. The van der Waals surface area contributed by atoms with Gasteiger partial charge in [-0.15, -0.1) is 0 Å². The second-order valence-electron chi connectivity index (χ2n) is 4.34. The van der Waals surface area contributed by atoms with Crippen molar-refractivity contribution in [3.05, 3.63) is 0 Å². The van der Waals surface area contributed by atoms with E-state index in [9.17, 15) is 0 Å². The second-order valence-corrected chi connectivity index (χ2v) is 4.34. The molecule has 80 valence electrons. The third-order valence-corrected chi connectivity index (χ3v) is 3.00. The van der Waals surface area contributed by atoms with Gasteiger partial charge < -0.3 is 10.4 Å². The summed E-state index contributed by atoms with van der Waals surface area (Å²) in [7, 11) is 0. The van der Waals surface area contributed by atoms with Gasteiger partial charge in [-0.1, -0.05) is 31.1 Å². The largest absolute Gasteiger partial charge is 0.411 e. The smallest absolute Gasteiger partial charge is 0.0614 e. The lowest BCUT2D eigenvalue weighted by molar-refractivity contribution is 0.298. The number of hydrogen-bond acceptors (Lipinski definition) is 4. The molecular formula is C10H18N2O2. The van der Waals surface area contributed by atoms with Crippen molar-refractivity contribution in [1.82, 2.24) is 0 Å². The van der Waals surface area contributed by atoms with Crippen molar-refractivity contribution in [1.29, 1.82) is 0 Å². The molecule has 2 atom stereocenters. The number of hydrogen-bond donors (Lipinski definition) is 2. The Hall–Kier alpha value is -1.06. The van der Waals surface area contributed by atoms with Crippen LogP contribution in [0.1, 0.15) is 33.6 Å². The van der Waals surface area contributed by atoms with Gasteiger partial charge >= 0.3 is 0 Å². The lowest BCUT2D eigenvalue weighted by atomic mass is 9.75. The van der Waals surface area contributed by atoms with Gasteiger partial charge in [-0.05, 0) is 18.8 Å². The van der Waals surface area contributed by atoms with Crippen LogP contribution >= 0.6 is 0 Å². The topological polar surface area (TPSA) is 65.2 Å². The molecule has 2 N–H and O–H groups in total. The van der Waals surface area contributed by atoms with Crippen LogP contribution in [0.4, 0.5) is 0 Å². The average Bonchev–Trinajstić information content (AvgIpc) is 2.16. The second kappa shape index (κ2) is 4.44. The van der Waals surface area contributed by atoms with Crippen LogP contribution in [0.2, 0.25) is 0 Å². The van der Waals surface area contributed by atoms with Gasteiger partial charge in [0.2, 0.25) is 0 Å². The Bertz CT molecular complexity index is 259. The van der Waals surface area contributed by atoms with Crippen molar-refractivity contribution in [3.63, 3.8) is 0 Å². The van der Waals surface area contributed by atoms with E-state index in [1.165, 1.54) is 0 Å². The van der Waals surface area contributed by atoms with Crippen molar-refractivity contribution in [3.8, 4) is 0 Å². The van der Waals surface area contributed by atoms with Gasteiger partial charge in [0.05, 0.1) is 11.4 Å². The Morgan fingerprint density at radius 1 is 1.14 bits per heavy atom. The minimum Gasteiger partial charge on any atom is -0.411 e. The SMILES string of the molecule is CC1C/C(=N\O)C(C(C)C)C/C1=N/O. The molecule has 0 aromatic rings. The van der Waals surface area contributed by atoms with Gasteiger partial charge in [0, 0.05) is 11.8 Å². The Morgan fingerprint density at radius 3 is 2.14 bits per heavy atom. The molecule has 0 aliphatic heterocycles. The van der Waals surface area contributed by atoms with Gasteiger partial charge in [0.15, 0.2) is 0 Å². The molecule has 0 spiro atoms. The highest BCUT2D eigenvalue weighted by Gasteiger charge is 2.31. The monoisotopic (exact) mass is 198 g/mol. The lowest BCUT2D eigenvalue weighted by Crippen LogP contribution is -2.34. The first-order valence-electron chi connectivity index (χ1n) is 5.01. The molecular weight excluding hydrogens is 180 g/mol. The first-order valence-corrected chi connectivity index (χ1v) is 5.01. The summed E-state index contributed by atoms with van der Waals surface area (Å²) < 4.78 is 0. The molecule has 0 amide bonds. The van der Waals surface area contributed by atoms with Gasteiger partial charge in [-0.3, -0.25) is 0 Å². The lowest BCUT2D eigenvalue weighted by Gasteiger charge is -2.30. The van der Waals surface area contributed by atoms with E-state index in [-0.39, 0.29) is 11.8 Å². The molecule has 2 unspecified atom stereocenters. The molecule has 4 nitrogen and oxygen atoms in total. The molecule has 0 radical (unpaired) electrons. The van der Waals surface area contributed by atoms with E-state index in [2.05, 4.69) is 24.2 Å². The molecule has 14 heavy (non-hydrogen) atoms. The Balaban J connectivity index is 2.85. The summed E-state index contributed by atoms with van der Waals surface area (Å²) in [5, 5.41) is 24.3. The van der Waals surface area contributed by atoms with Crippen molar-refractivity contribution >= 4 is 11.4 Å². The minimum atomic E-state index is 0.181. The van der Waals surface area contributed by atoms with Crippen molar-refractivity contribution in [2.45, 2.75) is 33.6 Å². The summed E-state index contributed by atoms with van der Waals surface area (Å²) in [5.41, 5.74) is 1.65. The third-order valence-electron chi connectivity index (χ3n) is 3.00. The maximum atomic E-state index is 8.87. The Kier molecular flexibility index (Phi) is 3.49. The summed E-state index contributed by atoms with van der Waals surface area (Å²) in [5.74, 6) is 0.799. The molecule has 1 aliphatic carbocycles. The number of rotatable bonds is 1. The molecule has 1 saturated carbocycles. The molecule has 0 saturated heterocycles. The summed E-state index contributed by atoms with van der Waals surface area (Å²) in [6.07, 6.45) is 1.40. The maximum absolute atomic E-state index is 8.87. The quantitative estimate of drug-likeness (QED) is 0.501. The van der Waals surface area contributed by atoms with Crippen molar-refractivity contribution in [2.75, 3.05) is 0 Å². The van der Waals surface area contributed by atoms with Crippen LogP contribution in [0.15, 0.2) is 10.3 Å². The van der Waals surface area contributed by atoms with Gasteiger partial charge in [-0.2, -0.15) is 0 Å². The third kappa shape index (κ3) is 2.05. The Morgan fingerprint density at radius 2 is 1.71 bits per heavy atom. The van der Waals surface area contributed by atoms with Crippen molar-refractivity contribution in [2.24, 2.45) is 28.1 Å². The molecule has 1 fully saturated rings. The number of nitrogens with zero attached hydrogens (tertiary/aromatic N) is 2. The number of oxime groups is 2. The summed E-state index contributed by atoms with van der Waals surface area (Å²) in [6, 6.07) is 0. The van der Waals surface area contributed by atoms with Crippen LogP contribution in [-0.4, -0.2) is 21.8 Å². The van der Waals surface area contributed by atoms with Crippen LogP contribution in [0.5, 0.6) is 0 Å². The predicted octanol–water partition coefficient (Wildman–Crippen LogP) is 2.35.